The molecule has 162 valence electrons. The predicted octanol–water partition coefficient (Wildman–Crippen LogP) is 5.33. The third kappa shape index (κ3) is 4.47. The Kier molecular flexibility index (Phi) is 6.17. The molecular formula is C24H19Cl2N3O3. The van der Waals surface area contributed by atoms with E-state index in [-0.39, 0.29) is 18.1 Å². The second kappa shape index (κ2) is 9.02. The number of rotatable bonds is 5. The molecule has 1 N–H and O–H groups in total. The number of hydrogen-bond acceptors (Lipinski definition) is 4. The maximum Gasteiger partial charge on any atom is 0.265 e. The van der Waals surface area contributed by atoms with Gasteiger partial charge in [0.1, 0.15) is 11.6 Å². The summed E-state index contributed by atoms with van der Waals surface area (Å²) in [4.78, 5) is 29.9. The standard InChI is InChI=1S/C24H19Cl2N3O3/c1-14-11-17(29-15(2)27-21-6-4-3-5-18(21)24(29)31)8-9-20(14)28-23(30)13-32-22-10-7-16(25)12-19(22)26/h3-12H,13H2,1-2H3,(H,28,30). The van der Waals surface area contributed by atoms with Crippen molar-refractivity contribution in [1.29, 1.82) is 0 Å². The number of carbonyl (C=O) groups excluding carboxylic acids is 1. The summed E-state index contributed by atoms with van der Waals surface area (Å²) in [6, 6.07) is 17.4. The van der Waals surface area contributed by atoms with Crippen LogP contribution in [0.5, 0.6) is 5.75 Å². The lowest BCUT2D eigenvalue weighted by Gasteiger charge is -2.14. The monoisotopic (exact) mass is 467 g/mol. The van der Waals surface area contributed by atoms with Gasteiger partial charge in [-0.1, -0.05) is 35.3 Å². The fourth-order valence-corrected chi connectivity index (χ4v) is 3.86. The van der Waals surface area contributed by atoms with Crippen LogP contribution in [0.25, 0.3) is 16.6 Å². The lowest BCUT2D eigenvalue weighted by atomic mass is 10.1. The van der Waals surface area contributed by atoms with Crippen molar-refractivity contribution in [2.45, 2.75) is 13.8 Å². The van der Waals surface area contributed by atoms with Crippen molar-refractivity contribution in [3.8, 4) is 11.4 Å². The summed E-state index contributed by atoms with van der Waals surface area (Å²) >= 11 is 11.9. The average molecular weight is 468 g/mol. The molecule has 32 heavy (non-hydrogen) atoms. The molecule has 1 aromatic heterocycles. The minimum Gasteiger partial charge on any atom is -0.482 e. The zero-order valence-corrected chi connectivity index (χ0v) is 18.9. The molecule has 0 unspecified atom stereocenters. The van der Waals surface area contributed by atoms with E-state index in [0.717, 1.165) is 5.56 Å². The van der Waals surface area contributed by atoms with Crippen LogP contribution in [0.3, 0.4) is 0 Å². The summed E-state index contributed by atoms with van der Waals surface area (Å²) in [5, 5.41) is 4.17. The maximum absolute atomic E-state index is 13.0. The number of aromatic nitrogens is 2. The first kappa shape index (κ1) is 21.9. The van der Waals surface area contributed by atoms with Crippen LogP contribution in [0.15, 0.2) is 65.5 Å². The van der Waals surface area contributed by atoms with E-state index in [4.69, 9.17) is 27.9 Å². The molecule has 0 atom stereocenters. The topological polar surface area (TPSA) is 73.2 Å². The molecule has 1 amide bonds. The molecule has 8 heteroatoms. The van der Waals surface area contributed by atoms with E-state index in [1.807, 2.05) is 31.2 Å². The third-order valence-electron chi connectivity index (χ3n) is 4.94. The number of nitrogens with one attached hydrogen (secondary N) is 1. The third-order valence-corrected chi connectivity index (χ3v) is 5.47. The van der Waals surface area contributed by atoms with Crippen molar-refractivity contribution >= 4 is 45.7 Å². The molecule has 0 saturated heterocycles. The van der Waals surface area contributed by atoms with E-state index in [1.165, 1.54) is 0 Å². The van der Waals surface area contributed by atoms with Crippen LogP contribution >= 0.6 is 23.2 Å². The molecule has 0 saturated carbocycles. The number of para-hydroxylation sites is 1. The van der Waals surface area contributed by atoms with Gasteiger partial charge in [0.2, 0.25) is 0 Å². The van der Waals surface area contributed by atoms with Gasteiger partial charge in [0.15, 0.2) is 6.61 Å². The first-order valence-corrected chi connectivity index (χ1v) is 10.6. The van der Waals surface area contributed by atoms with Gasteiger partial charge in [0, 0.05) is 10.7 Å². The van der Waals surface area contributed by atoms with Gasteiger partial charge in [-0.3, -0.25) is 14.2 Å². The highest BCUT2D eigenvalue weighted by molar-refractivity contribution is 6.35. The SMILES string of the molecule is Cc1cc(-n2c(C)nc3ccccc3c2=O)ccc1NC(=O)COc1ccc(Cl)cc1Cl. The Balaban J connectivity index is 1.53. The largest absolute Gasteiger partial charge is 0.482 e. The van der Waals surface area contributed by atoms with E-state index in [0.29, 0.717) is 43.9 Å². The number of aryl methyl sites for hydroxylation is 2. The smallest absolute Gasteiger partial charge is 0.265 e. The summed E-state index contributed by atoms with van der Waals surface area (Å²) in [5.74, 6) is 0.614. The van der Waals surface area contributed by atoms with Gasteiger partial charge in [-0.25, -0.2) is 4.98 Å². The number of carbonyl (C=O) groups is 1. The van der Waals surface area contributed by atoms with Gasteiger partial charge in [0.05, 0.1) is 21.6 Å². The lowest BCUT2D eigenvalue weighted by molar-refractivity contribution is -0.118. The Morgan fingerprint density at radius 3 is 2.59 bits per heavy atom. The van der Waals surface area contributed by atoms with E-state index in [2.05, 4.69) is 10.3 Å². The molecule has 0 aliphatic carbocycles. The van der Waals surface area contributed by atoms with Crippen LogP contribution in [-0.2, 0) is 4.79 Å². The summed E-state index contributed by atoms with van der Waals surface area (Å²) in [6.07, 6.45) is 0. The number of amides is 1. The first-order chi connectivity index (χ1) is 15.3. The highest BCUT2D eigenvalue weighted by Crippen LogP contribution is 2.27. The number of benzene rings is 3. The first-order valence-electron chi connectivity index (χ1n) is 9.80. The van der Waals surface area contributed by atoms with E-state index in [9.17, 15) is 9.59 Å². The molecule has 4 rings (SSSR count). The maximum atomic E-state index is 13.0. The Morgan fingerprint density at radius 1 is 1.06 bits per heavy atom. The van der Waals surface area contributed by atoms with E-state index in [1.54, 1.807) is 47.9 Å². The summed E-state index contributed by atoms with van der Waals surface area (Å²) in [6.45, 7) is 3.43. The quantitative estimate of drug-likeness (QED) is 0.430. The number of halogens is 2. The number of fused-ring (bicyclic) bond motifs is 1. The molecule has 0 fully saturated rings. The van der Waals surface area contributed by atoms with Gasteiger partial charge >= 0.3 is 0 Å². The Morgan fingerprint density at radius 2 is 1.84 bits per heavy atom. The number of hydrogen-bond donors (Lipinski definition) is 1. The number of nitrogens with zero attached hydrogens (tertiary/aromatic N) is 2. The molecular weight excluding hydrogens is 449 g/mol. The number of anilines is 1. The predicted molar refractivity (Wildman–Crippen MR) is 127 cm³/mol. The zero-order valence-electron chi connectivity index (χ0n) is 17.4. The van der Waals surface area contributed by atoms with Crippen LogP contribution in [0.2, 0.25) is 10.0 Å². The van der Waals surface area contributed by atoms with Crippen molar-refractivity contribution in [2.24, 2.45) is 0 Å². The van der Waals surface area contributed by atoms with Crippen LogP contribution < -0.4 is 15.6 Å². The van der Waals surface area contributed by atoms with Gasteiger partial charge < -0.3 is 10.1 Å². The van der Waals surface area contributed by atoms with Crippen LogP contribution in [-0.4, -0.2) is 22.1 Å². The average Bonchev–Trinajstić information content (AvgIpc) is 2.75. The molecule has 0 aliphatic rings. The molecule has 0 radical (unpaired) electrons. The highest BCUT2D eigenvalue weighted by Gasteiger charge is 2.12. The van der Waals surface area contributed by atoms with Crippen LogP contribution in [0, 0.1) is 13.8 Å². The zero-order chi connectivity index (χ0) is 22.8. The fraction of sp³-hybridized carbons (Fsp3) is 0.125. The van der Waals surface area contributed by atoms with Gasteiger partial charge in [-0.2, -0.15) is 0 Å². The summed E-state index contributed by atoms with van der Waals surface area (Å²) < 4.78 is 7.04. The molecule has 3 aromatic carbocycles. The van der Waals surface area contributed by atoms with E-state index < -0.39 is 0 Å². The molecule has 0 spiro atoms. The second-order valence-electron chi connectivity index (χ2n) is 7.23. The fourth-order valence-electron chi connectivity index (χ4n) is 3.40. The van der Waals surface area contributed by atoms with Gasteiger partial charge in [0.25, 0.3) is 11.5 Å². The lowest BCUT2D eigenvalue weighted by Crippen LogP contribution is -2.23. The van der Waals surface area contributed by atoms with Gasteiger partial charge in [-0.15, -0.1) is 0 Å². The highest BCUT2D eigenvalue weighted by atomic mass is 35.5. The molecule has 1 heterocycles. The second-order valence-corrected chi connectivity index (χ2v) is 8.07. The van der Waals surface area contributed by atoms with Crippen molar-refractivity contribution in [3.05, 3.63) is 92.5 Å². The molecule has 4 aromatic rings. The van der Waals surface area contributed by atoms with Crippen molar-refractivity contribution in [3.63, 3.8) is 0 Å². The molecule has 0 aliphatic heterocycles. The Labute approximate surface area is 194 Å². The van der Waals surface area contributed by atoms with Crippen LogP contribution in [0.1, 0.15) is 11.4 Å². The Bertz CT molecular complexity index is 1400. The van der Waals surface area contributed by atoms with Crippen molar-refractivity contribution in [1.82, 2.24) is 9.55 Å². The summed E-state index contributed by atoms with van der Waals surface area (Å²) in [5.41, 5.74) is 2.60. The minimum absolute atomic E-state index is 0.141. The van der Waals surface area contributed by atoms with Crippen LogP contribution in [0.4, 0.5) is 5.69 Å². The van der Waals surface area contributed by atoms with Crippen molar-refractivity contribution in [2.75, 3.05) is 11.9 Å². The van der Waals surface area contributed by atoms with Gasteiger partial charge in [-0.05, 0) is 67.9 Å². The Hall–Kier alpha value is -3.35. The summed E-state index contributed by atoms with van der Waals surface area (Å²) in [7, 11) is 0. The minimum atomic E-state index is -0.340. The number of ether oxygens (including phenoxy) is 1. The molecule has 0 bridgehead atoms. The normalized spacial score (nSPS) is 10.9. The molecule has 6 nitrogen and oxygen atoms in total. The van der Waals surface area contributed by atoms with E-state index >= 15 is 0 Å². The van der Waals surface area contributed by atoms with Crippen molar-refractivity contribution < 1.29 is 9.53 Å².